The average molecular weight is 408 g/mol. The van der Waals surface area contributed by atoms with Crippen LogP contribution in [0.5, 0.6) is 11.5 Å². The molecule has 9 heteroatoms. The molecule has 0 unspecified atom stereocenters. The smallest absolute Gasteiger partial charge is 0.168 e. The van der Waals surface area contributed by atoms with Crippen LogP contribution in [0.2, 0.25) is 0 Å². The summed E-state index contributed by atoms with van der Waals surface area (Å²) in [5.41, 5.74) is 14.2. The van der Waals surface area contributed by atoms with Gasteiger partial charge in [0, 0.05) is 17.7 Å². The van der Waals surface area contributed by atoms with E-state index >= 15 is 0 Å². The van der Waals surface area contributed by atoms with Crippen molar-refractivity contribution in [1.29, 1.82) is 0 Å². The Kier molecular flexibility index (Phi) is 4.32. The number of nitrogen functional groups attached to an aromatic ring is 1. The van der Waals surface area contributed by atoms with Gasteiger partial charge in [0.2, 0.25) is 0 Å². The Bertz CT molecular complexity index is 1230. The molecule has 1 aliphatic carbocycles. The van der Waals surface area contributed by atoms with Gasteiger partial charge in [-0.3, -0.25) is 0 Å². The molecular formula is C21H18F2N6O. The average Bonchev–Trinajstić information content (AvgIpc) is 3.09. The zero-order valence-electron chi connectivity index (χ0n) is 15.8. The summed E-state index contributed by atoms with van der Waals surface area (Å²) in [6, 6.07) is 10.5. The number of fused-ring (bicyclic) bond motifs is 1. The molecule has 1 saturated carbocycles. The van der Waals surface area contributed by atoms with E-state index in [1.807, 2.05) is 4.68 Å². The maximum absolute atomic E-state index is 13.8. The number of rotatable bonds is 4. The molecule has 1 fully saturated rings. The summed E-state index contributed by atoms with van der Waals surface area (Å²) in [6.07, 6.45) is 3.08. The maximum atomic E-state index is 13.8. The minimum Gasteiger partial charge on any atom is -0.454 e. The quantitative estimate of drug-likeness (QED) is 0.532. The largest absolute Gasteiger partial charge is 0.454 e. The minimum absolute atomic E-state index is 0.0576. The van der Waals surface area contributed by atoms with E-state index in [1.54, 1.807) is 24.3 Å². The summed E-state index contributed by atoms with van der Waals surface area (Å²) < 4.78 is 34.3. The van der Waals surface area contributed by atoms with Crippen LogP contribution in [-0.4, -0.2) is 25.8 Å². The highest BCUT2D eigenvalue weighted by atomic mass is 19.1. The van der Waals surface area contributed by atoms with Crippen LogP contribution >= 0.6 is 0 Å². The Morgan fingerprint density at radius 2 is 1.80 bits per heavy atom. The molecule has 7 nitrogen and oxygen atoms in total. The Morgan fingerprint density at radius 1 is 1.03 bits per heavy atom. The van der Waals surface area contributed by atoms with Crippen molar-refractivity contribution in [3.05, 3.63) is 60.4 Å². The lowest BCUT2D eigenvalue weighted by Crippen LogP contribution is -2.38. The topological polar surface area (TPSA) is 105 Å². The van der Waals surface area contributed by atoms with E-state index < -0.39 is 11.6 Å². The van der Waals surface area contributed by atoms with E-state index in [9.17, 15) is 8.78 Å². The van der Waals surface area contributed by atoms with Gasteiger partial charge in [-0.2, -0.15) is 5.10 Å². The second-order valence-corrected chi connectivity index (χ2v) is 7.34. The van der Waals surface area contributed by atoms with E-state index in [2.05, 4.69) is 9.97 Å². The molecule has 4 N–H and O–H groups in total. The fourth-order valence-electron chi connectivity index (χ4n) is 3.65. The first kappa shape index (κ1) is 18.4. The molecular weight excluding hydrogens is 390 g/mol. The molecule has 30 heavy (non-hydrogen) atoms. The Hall–Kier alpha value is -3.59. The second-order valence-electron chi connectivity index (χ2n) is 7.34. The van der Waals surface area contributed by atoms with Crippen molar-refractivity contribution >= 4 is 16.9 Å². The summed E-state index contributed by atoms with van der Waals surface area (Å²) in [5.74, 6) is -0.740. The molecule has 1 aliphatic rings. The molecule has 0 bridgehead atoms. The van der Waals surface area contributed by atoms with Crippen LogP contribution in [0.25, 0.3) is 22.3 Å². The van der Waals surface area contributed by atoms with Crippen molar-refractivity contribution < 1.29 is 13.5 Å². The normalized spacial score (nSPS) is 18.4. The number of nitrogens with two attached hydrogens (primary N) is 2. The molecule has 4 aromatic rings. The number of halogens is 2. The lowest BCUT2D eigenvalue weighted by atomic mass is 9.88. The molecule has 2 aromatic heterocycles. The van der Waals surface area contributed by atoms with Gasteiger partial charge in [-0.1, -0.05) is 0 Å². The van der Waals surface area contributed by atoms with Crippen LogP contribution in [-0.2, 0) is 0 Å². The van der Waals surface area contributed by atoms with Gasteiger partial charge < -0.3 is 16.2 Å². The zero-order valence-corrected chi connectivity index (χ0v) is 15.8. The predicted molar refractivity (Wildman–Crippen MR) is 108 cm³/mol. The minimum atomic E-state index is -0.771. The predicted octanol–water partition coefficient (Wildman–Crippen LogP) is 3.81. The van der Waals surface area contributed by atoms with E-state index in [0.29, 0.717) is 28.3 Å². The van der Waals surface area contributed by atoms with Crippen molar-refractivity contribution in [2.75, 3.05) is 5.73 Å². The van der Waals surface area contributed by atoms with E-state index in [1.165, 1.54) is 12.4 Å². The first-order chi connectivity index (χ1) is 14.5. The molecule has 0 aliphatic heterocycles. The number of benzene rings is 2. The standard InChI is InChI=1S/C21H18F2N6O/c22-12-3-6-17(16(23)7-12)30-15-4-1-11(2-5-15)19-18-20(25)26-10-27-21(18)29(28-19)14-8-13(24)9-14/h1-7,10,13-14H,8-9,24H2,(H2,25,26,27). The molecule has 2 aromatic carbocycles. The first-order valence-corrected chi connectivity index (χ1v) is 9.47. The van der Waals surface area contributed by atoms with Gasteiger partial charge in [-0.15, -0.1) is 0 Å². The van der Waals surface area contributed by atoms with Gasteiger partial charge in [0.05, 0.1) is 11.4 Å². The van der Waals surface area contributed by atoms with Gasteiger partial charge in [0.1, 0.15) is 29.4 Å². The third-order valence-corrected chi connectivity index (χ3v) is 5.26. The lowest BCUT2D eigenvalue weighted by molar-refractivity contribution is 0.253. The van der Waals surface area contributed by atoms with Gasteiger partial charge in [0.15, 0.2) is 17.2 Å². The van der Waals surface area contributed by atoms with Crippen LogP contribution in [0.4, 0.5) is 14.6 Å². The van der Waals surface area contributed by atoms with Crippen molar-refractivity contribution in [2.45, 2.75) is 24.9 Å². The van der Waals surface area contributed by atoms with Gasteiger partial charge in [0.25, 0.3) is 0 Å². The summed E-state index contributed by atoms with van der Waals surface area (Å²) in [5, 5.41) is 5.43. The number of aromatic nitrogens is 4. The summed E-state index contributed by atoms with van der Waals surface area (Å²) in [6.45, 7) is 0. The van der Waals surface area contributed by atoms with Crippen molar-refractivity contribution in [2.24, 2.45) is 5.73 Å². The highest BCUT2D eigenvalue weighted by Gasteiger charge is 2.31. The maximum Gasteiger partial charge on any atom is 0.168 e. The molecule has 0 saturated heterocycles. The highest BCUT2D eigenvalue weighted by molar-refractivity contribution is 5.98. The number of ether oxygens (including phenoxy) is 1. The Balaban J connectivity index is 1.50. The SMILES string of the molecule is Nc1ncnc2c1c(-c1ccc(Oc3ccc(F)cc3F)cc1)nn2C1CC(N)C1. The summed E-state index contributed by atoms with van der Waals surface area (Å²) >= 11 is 0. The summed E-state index contributed by atoms with van der Waals surface area (Å²) in [4.78, 5) is 8.48. The first-order valence-electron chi connectivity index (χ1n) is 9.47. The van der Waals surface area contributed by atoms with Crippen molar-refractivity contribution in [3.63, 3.8) is 0 Å². The monoisotopic (exact) mass is 408 g/mol. The van der Waals surface area contributed by atoms with Gasteiger partial charge in [-0.05, 0) is 49.2 Å². The summed E-state index contributed by atoms with van der Waals surface area (Å²) in [7, 11) is 0. The number of hydrogen-bond acceptors (Lipinski definition) is 6. The van der Waals surface area contributed by atoms with E-state index in [4.69, 9.17) is 21.3 Å². The Labute approximate surface area is 170 Å². The Morgan fingerprint density at radius 3 is 2.50 bits per heavy atom. The van der Waals surface area contributed by atoms with Crippen molar-refractivity contribution in [1.82, 2.24) is 19.7 Å². The lowest BCUT2D eigenvalue weighted by Gasteiger charge is -2.32. The van der Waals surface area contributed by atoms with Crippen LogP contribution in [0, 0.1) is 11.6 Å². The fourth-order valence-corrected chi connectivity index (χ4v) is 3.65. The molecule has 0 amide bonds. The van der Waals surface area contributed by atoms with Crippen LogP contribution in [0.1, 0.15) is 18.9 Å². The second kappa shape index (κ2) is 7.03. The van der Waals surface area contributed by atoms with Gasteiger partial charge in [-0.25, -0.2) is 23.4 Å². The molecule has 0 spiro atoms. The van der Waals surface area contributed by atoms with Crippen LogP contribution in [0.3, 0.4) is 0 Å². The molecule has 0 radical (unpaired) electrons. The molecule has 5 rings (SSSR count). The number of hydrogen-bond donors (Lipinski definition) is 2. The highest BCUT2D eigenvalue weighted by Crippen LogP contribution is 2.37. The number of anilines is 1. The third-order valence-electron chi connectivity index (χ3n) is 5.26. The van der Waals surface area contributed by atoms with Crippen LogP contribution in [0.15, 0.2) is 48.8 Å². The van der Waals surface area contributed by atoms with E-state index in [0.717, 1.165) is 30.5 Å². The molecule has 2 heterocycles. The third kappa shape index (κ3) is 3.13. The van der Waals surface area contributed by atoms with E-state index in [-0.39, 0.29) is 17.8 Å². The molecule has 152 valence electrons. The van der Waals surface area contributed by atoms with Crippen molar-refractivity contribution in [3.8, 4) is 22.8 Å². The molecule has 0 atom stereocenters. The van der Waals surface area contributed by atoms with Crippen LogP contribution < -0.4 is 16.2 Å². The number of nitrogens with zero attached hydrogens (tertiary/aromatic N) is 4. The van der Waals surface area contributed by atoms with Gasteiger partial charge >= 0.3 is 0 Å². The fraction of sp³-hybridized carbons (Fsp3) is 0.190. The zero-order chi connectivity index (χ0) is 20.8.